The molecule has 2 fully saturated rings. The van der Waals surface area contributed by atoms with Gasteiger partial charge in [-0.25, -0.2) is 9.97 Å². The summed E-state index contributed by atoms with van der Waals surface area (Å²) >= 11 is 3.29. The number of nitrogens with zero attached hydrogens (tertiary/aromatic N) is 2. The third kappa shape index (κ3) is 2.24. The molecular formula is C12H16BrN3O2. The van der Waals surface area contributed by atoms with Crippen LogP contribution in [0.5, 0.6) is 0 Å². The minimum absolute atomic E-state index is 0.132. The van der Waals surface area contributed by atoms with Crippen molar-refractivity contribution in [3.05, 3.63) is 16.5 Å². The molecule has 0 amide bonds. The van der Waals surface area contributed by atoms with Gasteiger partial charge in [-0.15, -0.1) is 0 Å². The van der Waals surface area contributed by atoms with E-state index < -0.39 is 0 Å². The molecule has 1 aromatic rings. The Morgan fingerprint density at radius 3 is 2.83 bits per heavy atom. The molecule has 2 aliphatic rings. The van der Waals surface area contributed by atoms with Crippen LogP contribution in [-0.2, 0) is 9.47 Å². The molecule has 1 aliphatic heterocycles. The molecule has 1 unspecified atom stereocenters. The van der Waals surface area contributed by atoms with E-state index in [2.05, 4.69) is 25.9 Å². The van der Waals surface area contributed by atoms with Gasteiger partial charge in [0.2, 0.25) is 0 Å². The molecule has 2 N–H and O–H groups in total. The van der Waals surface area contributed by atoms with Gasteiger partial charge in [0.1, 0.15) is 10.7 Å². The highest BCUT2D eigenvalue weighted by Gasteiger charge is 2.43. The van der Waals surface area contributed by atoms with Gasteiger partial charge in [0.05, 0.1) is 18.5 Å². The zero-order valence-corrected chi connectivity index (χ0v) is 11.6. The summed E-state index contributed by atoms with van der Waals surface area (Å²) in [6, 6.07) is 0. The number of hydrogen-bond donors (Lipinski definition) is 1. The Balaban J connectivity index is 1.76. The third-order valence-electron chi connectivity index (χ3n) is 3.57. The number of nitrogens with two attached hydrogens (primary N) is 1. The van der Waals surface area contributed by atoms with Crippen LogP contribution < -0.4 is 5.73 Å². The molecule has 1 aromatic heterocycles. The highest BCUT2D eigenvalue weighted by Crippen LogP contribution is 2.42. The largest absolute Gasteiger partial charge is 0.381 e. The van der Waals surface area contributed by atoms with Crippen molar-refractivity contribution in [1.82, 2.24) is 9.97 Å². The molecular weight excluding hydrogens is 298 g/mol. The Kier molecular flexibility index (Phi) is 3.25. The summed E-state index contributed by atoms with van der Waals surface area (Å²) in [7, 11) is 0. The molecule has 98 valence electrons. The van der Waals surface area contributed by atoms with E-state index in [0.717, 1.165) is 18.5 Å². The first-order valence-corrected chi connectivity index (χ1v) is 7.08. The van der Waals surface area contributed by atoms with E-state index in [0.29, 0.717) is 17.0 Å². The topological polar surface area (TPSA) is 70.3 Å². The Morgan fingerprint density at radius 1 is 1.33 bits per heavy atom. The lowest BCUT2D eigenvalue weighted by atomic mass is 9.94. The molecule has 2 heterocycles. The first-order valence-electron chi connectivity index (χ1n) is 6.28. The van der Waals surface area contributed by atoms with Gasteiger partial charge >= 0.3 is 0 Å². The van der Waals surface area contributed by atoms with E-state index >= 15 is 0 Å². The minimum atomic E-state index is -0.377. The van der Waals surface area contributed by atoms with Gasteiger partial charge in [0.15, 0.2) is 11.6 Å². The van der Waals surface area contributed by atoms with E-state index in [4.69, 9.17) is 15.2 Å². The molecule has 0 aromatic carbocycles. The maximum absolute atomic E-state index is 6.08. The van der Waals surface area contributed by atoms with Crippen molar-refractivity contribution < 1.29 is 9.47 Å². The standard InChI is InChI=1S/C12H16BrN3O2/c13-10-11(14)15-6-8(16-10)9-7-17-12(18-9)4-2-1-3-5-12/h6,9H,1-5,7H2,(H2,14,15). The highest BCUT2D eigenvalue weighted by atomic mass is 79.9. The van der Waals surface area contributed by atoms with Gasteiger partial charge < -0.3 is 15.2 Å². The first kappa shape index (κ1) is 12.3. The van der Waals surface area contributed by atoms with Crippen LogP contribution in [-0.4, -0.2) is 22.4 Å². The Hall–Kier alpha value is -0.720. The average Bonchev–Trinajstić information content (AvgIpc) is 2.78. The Morgan fingerprint density at radius 2 is 2.11 bits per heavy atom. The lowest BCUT2D eigenvalue weighted by molar-refractivity contribution is -0.188. The SMILES string of the molecule is Nc1ncc(C2COC3(CCCCC3)O2)nc1Br. The molecule has 1 aliphatic carbocycles. The van der Waals surface area contributed by atoms with Crippen molar-refractivity contribution in [3.63, 3.8) is 0 Å². The summed E-state index contributed by atoms with van der Waals surface area (Å²) in [5, 5.41) is 0. The molecule has 6 heteroatoms. The fourth-order valence-corrected chi connectivity index (χ4v) is 2.90. The molecule has 5 nitrogen and oxygen atoms in total. The van der Waals surface area contributed by atoms with Gasteiger partial charge in [0.25, 0.3) is 0 Å². The van der Waals surface area contributed by atoms with Crippen molar-refractivity contribution in [2.75, 3.05) is 12.3 Å². The second-order valence-electron chi connectivity index (χ2n) is 4.86. The first-order chi connectivity index (χ1) is 8.69. The molecule has 3 rings (SSSR count). The van der Waals surface area contributed by atoms with Crippen LogP contribution in [0.15, 0.2) is 10.8 Å². The van der Waals surface area contributed by atoms with Crippen LogP contribution in [0.1, 0.15) is 43.9 Å². The lowest BCUT2D eigenvalue weighted by Gasteiger charge is -2.31. The van der Waals surface area contributed by atoms with Crippen LogP contribution in [0.2, 0.25) is 0 Å². The van der Waals surface area contributed by atoms with Gasteiger partial charge in [-0.3, -0.25) is 0 Å². The zero-order chi connectivity index (χ0) is 12.6. The van der Waals surface area contributed by atoms with E-state index in [9.17, 15) is 0 Å². The second kappa shape index (κ2) is 4.75. The number of anilines is 1. The maximum Gasteiger partial charge on any atom is 0.169 e. The van der Waals surface area contributed by atoms with E-state index in [1.807, 2.05) is 0 Å². The van der Waals surface area contributed by atoms with E-state index in [1.165, 1.54) is 19.3 Å². The molecule has 1 saturated carbocycles. The number of rotatable bonds is 1. The van der Waals surface area contributed by atoms with E-state index in [1.54, 1.807) is 6.20 Å². The van der Waals surface area contributed by atoms with Crippen LogP contribution >= 0.6 is 15.9 Å². The van der Waals surface area contributed by atoms with Crippen LogP contribution in [0, 0.1) is 0 Å². The Bertz CT molecular complexity index is 449. The van der Waals surface area contributed by atoms with Crippen molar-refractivity contribution in [3.8, 4) is 0 Å². The second-order valence-corrected chi connectivity index (χ2v) is 5.61. The fourth-order valence-electron chi connectivity index (χ4n) is 2.60. The molecule has 0 radical (unpaired) electrons. The maximum atomic E-state index is 6.08. The summed E-state index contributed by atoms with van der Waals surface area (Å²) < 4.78 is 12.5. The molecule has 1 spiro atoms. The number of hydrogen-bond acceptors (Lipinski definition) is 5. The monoisotopic (exact) mass is 313 g/mol. The summed E-state index contributed by atoms with van der Waals surface area (Å²) in [5.74, 6) is 0.0170. The zero-order valence-electron chi connectivity index (χ0n) is 10.1. The number of ether oxygens (including phenoxy) is 2. The number of aromatic nitrogens is 2. The smallest absolute Gasteiger partial charge is 0.169 e. The predicted molar refractivity (Wildman–Crippen MR) is 69.7 cm³/mol. The average molecular weight is 314 g/mol. The summed E-state index contributed by atoms with van der Waals surface area (Å²) in [4.78, 5) is 8.45. The lowest BCUT2D eigenvalue weighted by Crippen LogP contribution is -2.32. The van der Waals surface area contributed by atoms with Gasteiger partial charge in [0, 0.05) is 12.8 Å². The fraction of sp³-hybridized carbons (Fsp3) is 0.667. The Labute approximate surface area is 114 Å². The van der Waals surface area contributed by atoms with Gasteiger partial charge in [-0.1, -0.05) is 6.42 Å². The summed E-state index contributed by atoms with van der Waals surface area (Å²) in [5.41, 5.74) is 6.41. The highest BCUT2D eigenvalue weighted by molar-refractivity contribution is 9.10. The number of halogens is 1. The quantitative estimate of drug-likeness (QED) is 0.862. The van der Waals surface area contributed by atoms with Gasteiger partial charge in [-0.2, -0.15) is 0 Å². The van der Waals surface area contributed by atoms with Crippen LogP contribution in [0.25, 0.3) is 0 Å². The summed E-state index contributed by atoms with van der Waals surface area (Å²) in [6.45, 7) is 0.547. The van der Waals surface area contributed by atoms with E-state index in [-0.39, 0.29) is 11.9 Å². The minimum Gasteiger partial charge on any atom is -0.381 e. The normalized spacial score (nSPS) is 26.6. The summed E-state index contributed by atoms with van der Waals surface area (Å²) in [6.07, 6.45) is 7.10. The molecule has 18 heavy (non-hydrogen) atoms. The van der Waals surface area contributed by atoms with Crippen LogP contribution in [0.4, 0.5) is 5.82 Å². The van der Waals surface area contributed by atoms with Gasteiger partial charge in [-0.05, 0) is 28.8 Å². The van der Waals surface area contributed by atoms with Crippen molar-refractivity contribution in [2.24, 2.45) is 0 Å². The molecule has 0 bridgehead atoms. The van der Waals surface area contributed by atoms with Crippen LogP contribution in [0.3, 0.4) is 0 Å². The third-order valence-corrected chi connectivity index (χ3v) is 4.16. The van der Waals surface area contributed by atoms with Crippen molar-refractivity contribution >= 4 is 21.7 Å². The predicted octanol–water partition coefficient (Wildman–Crippen LogP) is 2.57. The van der Waals surface area contributed by atoms with Crippen molar-refractivity contribution in [1.29, 1.82) is 0 Å². The molecule has 1 saturated heterocycles. The molecule has 1 atom stereocenters. The number of nitrogen functional groups attached to an aromatic ring is 1. The van der Waals surface area contributed by atoms with Crippen molar-refractivity contribution in [2.45, 2.75) is 44.0 Å².